The predicted molar refractivity (Wildman–Crippen MR) is 108 cm³/mol. The predicted octanol–water partition coefficient (Wildman–Crippen LogP) is 6.80. The van der Waals surface area contributed by atoms with Crippen molar-refractivity contribution >= 4 is 0 Å². The molecule has 0 heteroatoms. The third kappa shape index (κ3) is 7.78. The van der Waals surface area contributed by atoms with Gasteiger partial charge < -0.3 is 0 Å². The first-order valence-electron chi connectivity index (χ1n) is 8.78. The normalized spacial score (nSPS) is 9.17. The second kappa shape index (κ2) is 12.1. The van der Waals surface area contributed by atoms with Gasteiger partial charge in [-0.1, -0.05) is 98.8 Å². The van der Waals surface area contributed by atoms with Crippen LogP contribution in [-0.4, -0.2) is 0 Å². The van der Waals surface area contributed by atoms with Gasteiger partial charge in [-0.2, -0.15) is 0 Å². The minimum Gasteiger partial charge on any atom is -0.0623 e. The molecule has 0 aliphatic carbocycles. The first kappa shape index (κ1) is 19.7. The highest BCUT2D eigenvalue weighted by atomic mass is 14.0. The fourth-order valence-corrected chi connectivity index (χ4v) is 2.29. The van der Waals surface area contributed by atoms with E-state index in [0.29, 0.717) is 0 Å². The first-order chi connectivity index (χ1) is 11.7. The Bertz CT molecular complexity index is 598. The molecule has 0 aliphatic rings. The maximum atomic E-state index is 2.21. The molecule has 3 aromatic rings. The fraction of sp³-hybridized carbons (Fsp3) is 0.250. The van der Waals surface area contributed by atoms with Gasteiger partial charge in [-0.3, -0.25) is 0 Å². The van der Waals surface area contributed by atoms with Crippen molar-refractivity contribution in [3.8, 4) is 0 Å². The van der Waals surface area contributed by atoms with Crippen molar-refractivity contribution in [3.05, 3.63) is 107 Å². The van der Waals surface area contributed by atoms with Gasteiger partial charge in [0.05, 0.1) is 0 Å². The van der Waals surface area contributed by atoms with Crippen molar-refractivity contribution in [1.29, 1.82) is 0 Å². The summed E-state index contributed by atoms with van der Waals surface area (Å²) in [6.07, 6.45) is 2.31. The van der Waals surface area contributed by atoms with E-state index in [-0.39, 0.29) is 0 Å². The van der Waals surface area contributed by atoms with Crippen LogP contribution in [-0.2, 0) is 12.8 Å². The Morgan fingerprint density at radius 1 is 0.458 bits per heavy atom. The number of hydrogen-bond donors (Lipinski definition) is 0. The first-order valence-corrected chi connectivity index (χ1v) is 8.78. The summed E-state index contributed by atoms with van der Waals surface area (Å²) in [5.41, 5.74) is 5.72. The van der Waals surface area contributed by atoms with E-state index in [1.165, 1.54) is 22.3 Å². The molecule has 0 saturated heterocycles. The van der Waals surface area contributed by atoms with E-state index in [1.54, 1.807) is 0 Å². The molecule has 0 atom stereocenters. The second-order valence-electron chi connectivity index (χ2n) is 5.71. The molecule has 3 aromatic carbocycles. The molecule has 0 bridgehead atoms. The van der Waals surface area contributed by atoms with Crippen molar-refractivity contribution in [2.45, 2.75) is 40.5 Å². The lowest BCUT2D eigenvalue weighted by atomic mass is 10.0. The summed E-state index contributed by atoms with van der Waals surface area (Å²) in [5.74, 6) is 0. The molecule has 0 fully saturated rings. The van der Waals surface area contributed by atoms with Gasteiger partial charge in [0.25, 0.3) is 0 Å². The summed E-state index contributed by atoms with van der Waals surface area (Å²) in [7, 11) is 0. The van der Waals surface area contributed by atoms with Gasteiger partial charge >= 0.3 is 0 Å². The van der Waals surface area contributed by atoms with Crippen LogP contribution in [0.15, 0.2) is 84.9 Å². The zero-order valence-electron chi connectivity index (χ0n) is 15.5. The van der Waals surface area contributed by atoms with Gasteiger partial charge in [0.1, 0.15) is 0 Å². The summed E-state index contributed by atoms with van der Waals surface area (Å²) < 4.78 is 0. The van der Waals surface area contributed by atoms with E-state index < -0.39 is 0 Å². The highest BCUT2D eigenvalue weighted by Gasteiger charge is 1.93. The van der Waals surface area contributed by atoms with Crippen molar-refractivity contribution in [3.63, 3.8) is 0 Å². The molecular formula is C24H30. The lowest BCUT2D eigenvalue weighted by Crippen LogP contribution is -1.88. The minimum absolute atomic E-state index is 1.16. The third-order valence-electron chi connectivity index (χ3n) is 3.97. The van der Waals surface area contributed by atoms with Crippen LogP contribution in [0.25, 0.3) is 0 Å². The van der Waals surface area contributed by atoms with Crippen molar-refractivity contribution < 1.29 is 0 Å². The molecule has 0 aromatic heterocycles. The highest BCUT2D eigenvalue weighted by Crippen LogP contribution is 2.09. The molecule has 126 valence electrons. The molecule has 3 rings (SSSR count). The highest BCUT2D eigenvalue weighted by molar-refractivity contribution is 5.26. The summed E-state index contributed by atoms with van der Waals surface area (Å²) in [4.78, 5) is 0. The lowest BCUT2D eigenvalue weighted by molar-refractivity contribution is 1.04. The van der Waals surface area contributed by atoms with E-state index in [0.717, 1.165) is 12.8 Å². The lowest BCUT2D eigenvalue weighted by Gasteiger charge is -2.02. The SMILES string of the molecule is CCc1ccccc1CC.Cc1ccccc1C.c1ccccc1. The zero-order valence-corrected chi connectivity index (χ0v) is 15.5. The molecule has 0 N–H and O–H groups in total. The topological polar surface area (TPSA) is 0 Å². The number of rotatable bonds is 2. The summed E-state index contributed by atoms with van der Waals surface area (Å²) in [6.45, 7) is 8.65. The van der Waals surface area contributed by atoms with E-state index >= 15 is 0 Å². The molecule has 0 heterocycles. The van der Waals surface area contributed by atoms with E-state index in [1.807, 2.05) is 36.4 Å². The maximum Gasteiger partial charge on any atom is -0.0305 e. The molecule has 0 nitrogen and oxygen atoms in total. The van der Waals surface area contributed by atoms with Crippen LogP contribution in [0.3, 0.4) is 0 Å². The summed E-state index contributed by atoms with van der Waals surface area (Å²) >= 11 is 0. The average molecular weight is 319 g/mol. The van der Waals surface area contributed by atoms with Crippen LogP contribution in [0, 0.1) is 13.8 Å². The van der Waals surface area contributed by atoms with Crippen LogP contribution < -0.4 is 0 Å². The molecule has 0 spiro atoms. The quantitative estimate of drug-likeness (QED) is 0.487. The van der Waals surface area contributed by atoms with Gasteiger partial charge in [0, 0.05) is 0 Å². The largest absolute Gasteiger partial charge is 0.0623 e. The Morgan fingerprint density at radius 2 is 0.750 bits per heavy atom. The third-order valence-corrected chi connectivity index (χ3v) is 3.97. The second-order valence-corrected chi connectivity index (χ2v) is 5.71. The average Bonchev–Trinajstić information content (AvgIpc) is 2.66. The molecule has 0 saturated carbocycles. The summed E-state index contributed by atoms with van der Waals surface area (Å²) in [5, 5.41) is 0. The van der Waals surface area contributed by atoms with Crippen LogP contribution >= 0.6 is 0 Å². The van der Waals surface area contributed by atoms with Gasteiger partial charge in [-0.15, -0.1) is 0 Å². The smallest absolute Gasteiger partial charge is 0.0305 e. The Hall–Kier alpha value is -2.34. The van der Waals surface area contributed by atoms with Gasteiger partial charge in [0.2, 0.25) is 0 Å². The van der Waals surface area contributed by atoms with E-state index in [9.17, 15) is 0 Å². The zero-order chi connectivity index (χ0) is 17.6. The molecular weight excluding hydrogens is 288 g/mol. The Kier molecular flexibility index (Phi) is 9.96. The van der Waals surface area contributed by atoms with Crippen LogP contribution in [0.1, 0.15) is 36.1 Å². The molecule has 0 unspecified atom stereocenters. The fourth-order valence-electron chi connectivity index (χ4n) is 2.29. The molecule has 24 heavy (non-hydrogen) atoms. The molecule has 0 radical (unpaired) electrons. The standard InChI is InChI=1S/C10H14.C8H10.C6H6/c1-3-9-7-5-6-8-10(9)4-2;1-7-5-3-4-6-8(7)2;1-2-4-6-5-3-1/h5-8H,3-4H2,1-2H3;3-6H,1-2H3;1-6H. The van der Waals surface area contributed by atoms with Crippen LogP contribution in [0.2, 0.25) is 0 Å². The van der Waals surface area contributed by atoms with Gasteiger partial charge in [0.15, 0.2) is 0 Å². The van der Waals surface area contributed by atoms with Crippen LogP contribution in [0.5, 0.6) is 0 Å². The van der Waals surface area contributed by atoms with Gasteiger partial charge in [-0.05, 0) is 48.9 Å². The molecule has 0 amide bonds. The molecule has 0 aliphatic heterocycles. The van der Waals surface area contributed by atoms with Crippen molar-refractivity contribution in [2.75, 3.05) is 0 Å². The Morgan fingerprint density at radius 3 is 1.00 bits per heavy atom. The monoisotopic (exact) mass is 318 g/mol. The van der Waals surface area contributed by atoms with Crippen molar-refractivity contribution in [2.24, 2.45) is 0 Å². The summed E-state index contributed by atoms with van der Waals surface area (Å²) in [6, 6.07) is 29.0. The van der Waals surface area contributed by atoms with Crippen molar-refractivity contribution in [1.82, 2.24) is 0 Å². The van der Waals surface area contributed by atoms with E-state index in [2.05, 4.69) is 76.2 Å². The Labute approximate surface area is 148 Å². The van der Waals surface area contributed by atoms with Gasteiger partial charge in [-0.25, -0.2) is 0 Å². The number of hydrogen-bond acceptors (Lipinski definition) is 0. The number of aryl methyl sites for hydroxylation is 4. The van der Waals surface area contributed by atoms with Crippen LogP contribution in [0.4, 0.5) is 0 Å². The number of benzene rings is 3. The Balaban J connectivity index is 0.000000186. The minimum atomic E-state index is 1.16. The maximum absolute atomic E-state index is 2.21. The van der Waals surface area contributed by atoms with E-state index in [4.69, 9.17) is 0 Å².